The highest BCUT2D eigenvalue weighted by molar-refractivity contribution is 5.81. The number of carbonyl (C=O) groups excluding carboxylic acids is 1. The van der Waals surface area contributed by atoms with Crippen molar-refractivity contribution in [3.8, 4) is 5.69 Å². The van der Waals surface area contributed by atoms with Gasteiger partial charge in [0.1, 0.15) is 5.82 Å². The van der Waals surface area contributed by atoms with Gasteiger partial charge in [-0.1, -0.05) is 24.3 Å². The zero-order chi connectivity index (χ0) is 21.4. The standard InChI is InChI=1S/C25H23FN4O/c1-16(29-25(31)12-17-2-4-18(5-3-17)19-6-7-19)23-13-20-14-28-30(24(20)15-27-23)22-10-8-21(26)9-11-22/h2-5,8-11,13-16,19H,6-7,12H2,1H3,(H,29,31)/t16-/m1/s1. The number of nitrogens with one attached hydrogen (secondary N) is 1. The van der Waals surface area contributed by atoms with Gasteiger partial charge in [-0.3, -0.25) is 9.78 Å². The van der Waals surface area contributed by atoms with Crippen LogP contribution < -0.4 is 5.32 Å². The van der Waals surface area contributed by atoms with Crippen LogP contribution >= 0.6 is 0 Å². The van der Waals surface area contributed by atoms with Crippen LogP contribution in [0.15, 0.2) is 67.0 Å². The van der Waals surface area contributed by atoms with Crippen molar-refractivity contribution in [2.45, 2.75) is 38.1 Å². The van der Waals surface area contributed by atoms with Crippen molar-refractivity contribution < 1.29 is 9.18 Å². The molecule has 2 heterocycles. The number of aromatic nitrogens is 3. The number of fused-ring (bicyclic) bond motifs is 1. The number of hydrogen-bond donors (Lipinski definition) is 1. The van der Waals surface area contributed by atoms with Crippen LogP contribution in [0.4, 0.5) is 4.39 Å². The number of nitrogens with zero attached hydrogens (tertiary/aromatic N) is 3. The smallest absolute Gasteiger partial charge is 0.224 e. The van der Waals surface area contributed by atoms with Crippen molar-refractivity contribution in [1.82, 2.24) is 20.1 Å². The van der Waals surface area contributed by atoms with Crippen LogP contribution in [0.3, 0.4) is 0 Å². The lowest BCUT2D eigenvalue weighted by Gasteiger charge is -2.14. The molecule has 31 heavy (non-hydrogen) atoms. The Labute approximate surface area is 179 Å². The minimum absolute atomic E-state index is 0.0319. The van der Waals surface area contributed by atoms with E-state index in [1.54, 1.807) is 29.2 Å². The SMILES string of the molecule is C[C@@H](NC(=O)Cc1ccc(C2CC2)cc1)c1cc2cnn(-c3ccc(F)cc3)c2cn1. The molecule has 0 bridgehead atoms. The van der Waals surface area contributed by atoms with E-state index in [2.05, 4.69) is 27.5 Å². The number of amides is 1. The normalized spacial score (nSPS) is 14.5. The average molecular weight is 414 g/mol. The van der Waals surface area contributed by atoms with Gasteiger partial charge in [0.15, 0.2) is 0 Å². The molecule has 1 atom stereocenters. The van der Waals surface area contributed by atoms with E-state index < -0.39 is 0 Å². The monoisotopic (exact) mass is 414 g/mol. The molecule has 156 valence electrons. The summed E-state index contributed by atoms with van der Waals surface area (Å²) >= 11 is 0. The van der Waals surface area contributed by atoms with Crippen LogP contribution in [0.25, 0.3) is 16.6 Å². The van der Waals surface area contributed by atoms with Crippen molar-refractivity contribution >= 4 is 16.8 Å². The van der Waals surface area contributed by atoms with Crippen molar-refractivity contribution in [1.29, 1.82) is 0 Å². The van der Waals surface area contributed by atoms with Gasteiger partial charge < -0.3 is 5.32 Å². The molecule has 1 amide bonds. The molecule has 4 aromatic rings. The van der Waals surface area contributed by atoms with Crippen LogP contribution in [0, 0.1) is 5.82 Å². The lowest BCUT2D eigenvalue weighted by molar-refractivity contribution is -0.121. The molecule has 1 saturated carbocycles. The summed E-state index contributed by atoms with van der Waals surface area (Å²) in [5.74, 6) is 0.399. The predicted molar refractivity (Wildman–Crippen MR) is 118 cm³/mol. The number of benzene rings is 2. The Morgan fingerprint density at radius 3 is 2.58 bits per heavy atom. The Bertz CT molecular complexity index is 1230. The average Bonchev–Trinajstić information content (AvgIpc) is 3.54. The maximum atomic E-state index is 13.2. The lowest BCUT2D eigenvalue weighted by Crippen LogP contribution is -2.28. The van der Waals surface area contributed by atoms with Gasteiger partial charge in [0.25, 0.3) is 0 Å². The third-order valence-corrected chi connectivity index (χ3v) is 5.76. The Morgan fingerprint density at radius 1 is 1.13 bits per heavy atom. The van der Waals surface area contributed by atoms with Gasteiger partial charge in [-0.2, -0.15) is 5.10 Å². The van der Waals surface area contributed by atoms with Crippen molar-refractivity contribution in [3.05, 3.63) is 89.6 Å². The summed E-state index contributed by atoms with van der Waals surface area (Å²) in [6.07, 6.45) is 6.38. The summed E-state index contributed by atoms with van der Waals surface area (Å²) in [6.45, 7) is 1.92. The molecule has 5 rings (SSSR count). The molecule has 5 nitrogen and oxygen atoms in total. The van der Waals surface area contributed by atoms with Gasteiger partial charge in [0.05, 0.1) is 41.8 Å². The van der Waals surface area contributed by atoms with Gasteiger partial charge in [0.2, 0.25) is 5.91 Å². The summed E-state index contributed by atoms with van der Waals surface area (Å²) in [5, 5.41) is 8.35. The minimum atomic E-state index is -0.288. The third kappa shape index (κ3) is 4.19. The number of pyridine rings is 1. The molecule has 0 unspecified atom stereocenters. The summed E-state index contributed by atoms with van der Waals surface area (Å²) in [7, 11) is 0. The quantitative estimate of drug-likeness (QED) is 0.490. The van der Waals surface area contributed by atoms with Gasteiger partial charge in [-0.05, 0) is 67.1 Å². The van der Waals surface area contributed by atoms with E-state index in [9.17, 15) is 9.18 Å². The van der Waals surface area contributed by atoms with E-state index in [1.165, 1.54) is 30.5 Å². The van der Waals surface area contributed by atoms with Crippen molar-refractivity contribution in [2.24, 2.45) is 0 Å². The first-order valence-corrected chi connectivity index (χ1v) is 10.5. The van der Waals surface area contributed by atoms with E-state index in [0.29, 0.717) is 6.42 Å². The molecule has 1 aliphatic carbocycles. The Balaban J connectivity index is 1.27. The summed E-state index contributed by atoms with van der Waals surface area (Å²) < 4.78 is 14.9. The van der Waals surface area contributed by atoms with Crippen LogP contribution in [-0.2, 0) is 11.2 Å². The van der Waals surface area contributed by atoms with E-state index in [4.69, 9.17) is 0 Å². The van der Waals surface area contributed by atoms with E-state index in [0.717, 1.165) is 33.8 Å². The fourth-order valence-electron chi connectivity index (χ4n) is 3.84. The topological polar surface area (TPSA) is 59.8 Å². The number of rotatable bonds is 6. The zero-order valence-electron chi connectivity index (χ0n) is 17.3. The van der Waals surface area contributed by atoms with Crippen LogP contribution in [0.2, 0.25) is 0 Å². The molecule has 1 N–H and O–H groups in total. The van der Waals surface area contributed by atoms with Crippen molar-refractivity contribution in [2.75, 3.05) is 0 Å². The van der Waals surface area contributed by atoms with Crippen LogP contribution in [0.5, 0.6) is 0 Å². The van der Waals surface area contributed by atoms with Crippen LogP contribution in [0.1, 0.15) is 48.5 Å². The Morgan fingerprint density at radius 2 is 1.87 bits per heavy atom. The highest BCUT2D eigenvalue weighted by Crippen LogP contribution is 2.39. The first-order valence-electron chi connectivity index (χ1n) is 10.5. The molecule has 0 aliphatic heterocycles. The fourth-order valence-corrected chi connectivity index (χ4v) is 3.84. The van der Waals surface area contributed by atoms with E-state index in [-0.39, 0.29) is 17.8 Å². The second kappa shape index (κ2) is 7.95. The summed E-state index contributed by atoms with van der Waals surface area (Å²) in [6, 6.07) is 16.2. The molecule has 0 saturated heterocycles. The third-order valence-electron chi connectivity index (χ3n) is 5.76. The second-order valence-corrected chi connectivity index (χ2v) is 8.18. The molecule has 1 aliphatic rings. The maximum Gasteiger partial charge on any atom is 0.224 e. The molecule has 2 aromatic carbocycles. The van der Waals surface area contributed by atoms with Gasteiger partial charge in [-0.25, -0.2) is 9.07 Å². The number of hydrogen-bond acceptors (Lipinski definition) is 3. The number of carbonyl (C=O) groups is 1. The molecule has 2 aromatic heterocycles. The Hall–Kier alpha value is -3.54. The molecule has 1 fully saturated rings. The van der Waals surface area contributed by atoms with E-state index in [1.807, 2.05) is 25.1 Å². The zero-order valence-corrected chi connectivity index (χ0v) is 17.3. The van der Waals surface area contributed by atoms with E-state index >= 15 is 0 Å². The summed E-state index contributed by atoms with van der Waals surface area (Å²) in [4.78, 5) is 17.1. The van der Waals surface area contributed by atoms with Gasteiger partial charge >= 0.3 is 0 Å². The van der Waals surface area contributed by atoms with Gasteiger partial charge in [0, 0.05) is 5.39 Å². The van der Waals surface area contributed by atoms with Crippen LogP contribution in [-0.4, -0.2) is 20.7 Å². The number of halogens is 1. The van der Waals surface area contributed by atoms with Crippen molar-refractivity contribution in [3.63, 3.8) is 0 Å². The molecular weight excluding hydrogens is 391 g/mol. The lowest BCUT2D eigenvalue weighted by atomic mass is 10.1. The maximum absolute atomic E-state index is 13.2. The molecule has 0 radical (unpaired) electrons. The molecular formula is C25H23FN4O. The fraction of sp³-hybridized carbons (Fsp3) is 0.240. The minimum Gasteiger partial charge on any atom is -0.348 e. The Kier molecular flexibility index (Phi) is 4.98. The van der Waals surface area contributed by atoms with Gasteiger partial charge in [-0.15, -0.1) is 0 Å². The first kappa shape index (κ1) is 19.4. The molecule has 0 spiro atoms. The molecule has 6 heteroatoms. The summed E-state index contributed by atoms with van der Waals surface area (Å²) in [5.41, 5.74) is 4.74. The first-order chi connectivity index (χ1) is 15.1. The predicted octanol–water partition coefficient (Wildman–Crippen LogP) is 4.86. The highest BCUT2D eigenvalue weighted by atomic mass is 19.1. The highest BCUT2D eigenvalue weighted by Gasteiger charge is 2.23. The second-order valence-electron chi connectivity index (χ2n) is 8.18. The largest absolute Gasteiger partial charge is 0.348 e.